The van der Waals surface area contributed by atoms with Gasteiger partial charge in [0.15, 0.2) is 4.90 Å². The van der Waals surface area contributed by atoms with E-state index in [9.17, 15) is 8.42 Å². The molecule has 1 aromatic heterocycles. The van der Waals surface area contributed by atoms with Crippen LogP contribution in [-0.4, -0.2) is 58.9 Å². The van der Waals surface area contributed by atoms with Gasteiger partial charge in [0.1, 0.15) is 32.7 Å². The van der Waals surface area contributed by atoms with E-state index < -0.39 is 10.0 Å². The third-order valence-electron chi connectivity index (χ3n) is 3.73. The van der Waals surface area contributed by atoms with Crippen molar-refractivity contribution >= 4 is 15.8 Å². The Hall–Kier alpha value is -1.22. The molecule has 4 N–H and O–H groups in total. The number of aromatic amines is 1. The molecule has 1 aromatic rings. The van der Waals surface area contributed by atoms with Crippen molar-refractivity contribution < 1.29 is 23.4 Å². The average molecular weight is 330 g/mol. The summed E-state index contributed by atoms with van der Waals surface area (Å²) < 4.78 is 27.6. The minimum Gasteiger partial charge on any atom is -0.391 e. The molecule has 1 aliphatic rings. The largest absolute Gasteiger partial charge is 0.391 e. The summed E-state index contributed by atoms with van der Waals surface area (Å²) in [5.74, 6) is 0.638. The number of aliphatic hydroxyl groups is 1. The third-order valence-corrected chi connectivity index (χ3v) is 5.42. The first-order chi connectivity index (χ1) is 10.4. The molecule has 7 nitrogen and oxygen atoms in total. The number of hydrogen-bond donors (Lipinski definition) is 3. The van der Waals surface area contributed by atoms with E-state index in [1.807, 2.05) is 0 Å². The summed E-state index contributed by atoms with van der Waals surface area (Å²) in [5, 5.41) is 9.01. The molecule has 22 heavy (non-hydrogen) atoms. The number of aliphatic hydroxyl groups excluding tert-OH is 1. The van der Waals surface area contributed by atoms with Crippen molar-refractivity contribution in [3.63, 3.8) is 0 Å². The molecule has 0 radical (unpaired) electrons. The smallest absolute Gasteiger partial charge is 0.295 e. The van der Waals surface area contributed by atoms with Crippen molar-refractivity contribution in [1.29, 1.82) is 0 Å². The zero-order chi connectivity index (χ0) is 16.2. The maximum atomic E-state index is 12.5. The van der Waals surface area contributed by atoms with Gasteiger partial charge in [0.25, 0.3) is 5.82 Å². The van der Waals surface area contributed by atoms with E-state index in [4.69, 9.17) is 5.11 Å². The molecular weight excluding hydrogens is 304 g/mol. The van der Waals surface area contributed by atoms with Crippen molar-refractivity contribution in [2.24, 2.45) is 0 Å². The quantitative estimate of drug-likeness (QED) is 0.557. The maximum absolute atomic E-state index is 12.5. The monoisotopic (exact) mass is 330 g/mol. The Kier molecular flexibility index (Phi) is 5.74. The second-order valence-electron chi connectivity index (χ2n) is 5.87. The van der Waals surface area contributed by atoms with E-state index in [1.54, 1.807) is 32.2 Å². The zero-order valence-corrected chi connectivity index (χ0v) is 14.0. The van der Waals surface area contributed by atoms with E-state index in [0.717, 1.165) is 32.7 Å². The maximum Gasteiger partial charge on any atom is 0.295 e. The first-order valence-electron chi connectivity index (χ1n) is 7.66. The van der Waals surface area contributed by atoms with Crippen molar-refractivity contribution in [3.8, 4) is 0 Å². The summed E-state index contributed by atoms with van der Waals surface area (Å²) >= 11 is 0. The summed E-state index contributed by atoms with van der Waals surface area (Å²) in [6, 6.07) is 3.18. The highest BCUT2D eigenvalue weighted by atomic mass is 32.2. The Morgan fingerprint density at radius 2 is 2.09 bits per heavy atom. The van der Waals surface area contributed by atoms with Crippen LogP contribution in [0.2, 0.25) is 0 Å². The average Bonchev–Trinajstić information content (AvgIpc) is 2.47. The lowest BCUT2D eigenvalue weighted by Gasteiger charge is -2.28. The van der Waals surface area contributed by atoms with Crippen molar-refractivity contribution in [1.82, 2.24) is 4.72 Å². The fourth-order valence-corrected chi connectivity index (χ4v) is 4.15. The number of nitrogens with zero attached hydrogens (tertiary/aromatic N) is 1. The second kappa shape index (κ2) is 7.36. The minimum absolute atomic E-state index is 0.149. The Morgan fingerprint density at radius 1 is 1.41 bits per heavy atom. The van der Waals surface area contributed by atoms with Crippen LogP contribution < -0.4 is 19.5 Å². The summed E-state index contributed by atoms with van der Waals surface area (Å²) in [6.07, 6.45) is 1.75. The summed E-state index contributed by atoms with van der Waals surface area (Å²) in [7, 11) is -3.53. The summed E-state index contributed by atoms with van der Waals surface area (Å²) in [5.41, 5.74) is 0. The summed E-state index contributed by atoms with van der Waals surface area (Å²) in [6.45, 7) is 7.85. The Bertz CT molecular complexity index is 584. The fourth-order valence-electron chi connectivity index (χ4n) is 2.71. The van der Waals surface area contributed by atoms with Crippen molar-refractivity contribution in [3.05, 3.63) is 18.3 Å². The van der Waals surface area contributed by atoms with Crippen LogP contribution in [0.15, 0.2) is 23.2 Å². The van der Waals surface area contributed by atoms with Gasteiger partial charge < -0.3 is 10.0 Å². The van der Waals surface area contributed by atoms with Gasteiger partial charge in [0.2, 0.25) is 10.0 Å². The van der Waals surface area contributed by atoms with E-state index in [-0.39, 0.29) is 17.5 Å². The molecule has 2 heterocycles. The van der Waals surface area contributed by atoms with Gasteiger partial charge in [-0.2, -0.15) is 0 Å². The molecule has 2 rings (SSSR count). The topological polar surface area (TPSA) is 88.2 Å². The highest BCUT2D eigenvalue weighted by Crippen LogP contribution is 2.19. The van der Waals surface area contributed by atoms with Crippen LogP contribution >= 0.6 is 0 Å². The van der Waals surface area contributed by atoms with Crippen LogP contribution in [0.25, 0.3) is 0 Å². The molecular formula is C14H26N4O3S+2. The predicted molar refractivity (Wildman–Crippen MR) is 83.3 cm³/mol. The molecule has 0 bridgehead atoms. The second-order valence-corrected chi connectivity index (χ2v) is 7.55. The lowest BCUT2D eigenvalue weighted by atomic mass is 10.3. The first-order valence-corrected chi connectivity index (χ1v) is 9.15. The van der Waals surface area contributed by atoms with Crippen LogP contribution in [0.5, 0.6) is 0 Å². The molecule has 0 aromatic carbocycles. The standard InChI is InChI=1S/C14H24N4O3S/c1-12(2)16-22(20,21)13-4-3-5-15-14(13)18-8-6-17(7-9-18)10-11-19/h3-5,12,16,19H,6-11H2,1-2H3/p+2. The molecule has 0 unspecified atom stereocenters. The Morgan fingerprint density at radius 3 is 2.68 bits per heavy atom. The van der Waals surface area contributed by atoms with Gasteiger partial charge in [0.05, 0.1) is 12.8 Å². The van der Waals surface area contributed by atoms with Gasteiger partial charge in [-0.3, -0.25) is 0 Å². The molecule has 0 atom stereocenters. The lowest BCUT2D eigenvalue weighted by Crippen LogP contribution is -3.15. The van der Waals surface area contributed by atoms with Crippen LogP contribution in [0.4, 0.5) is 5.82 Å². The molecule has 0 aliphatic carbocycles. The van der Waals surface area contributed by atoms with Gasteiger partial charge in [-0.15, -0.1) is 0 Å². The Labute approximate surface area is 132 Å². The number of pyridine rings is 1. The molecule has 0 saturated carbocycles. The van der Waals surface area contributed by atoms with E-state index >= 15 is 0 Å². The van der Waals surface area contributed by atoms with Gasteiger partial charge in [-0.1, -0.05) is 0 Å². The van der Waals surface area contributed by atoms with Crippen LogP contribution in [0, 0.1) is 0 Å². The SMILES string of the molecule is CC(C)NS(=O)(=O)c1ccc[nH+]c1N1CC[NH+](CCO)CC1. The molecule has 0 amide bonds. The van der Waals surface area contributed by atoms with Gasteiger partial charge >= 0.3 is 0 Å². The molecule has 1 aliphatic heterocycles. The van der Waals surface area contributed by atoms with Crippen LogP contribution in [-0.2, 0) is 10.0 Å². The van der Waals surface area contributed by atoms with Gasteiger partial charge in [-0.05, 0) is 26.0 Å². The number of H-pyrrole nitrogens is 1. The number of piperazine rings is 1. The lowest BCUT2D eigenvalue weighted by molar-refractivity contribution is -0.901. The third kappa shape index (κ3) is 4.16. The summed E-state index contributed by atoms with van der Waals surface area (Å²) in [4.78, 5) is 6.78. The van der Waals surface area contributed by atoms with Crippen LogP contribution in [0.3, 0.4) is 0 Å². The molecule has 1 fully saturated rings. The van der Waals surface area contributed by atoms with Crippen molar-refractivity contribution in [2.45, 2.75) is 24.8 Å². The molecule has 1 saturated heterocycles. The Balaban J connectivity index is 2.19. The fraction of sp³-hybridized carbons (Fsp3) is 0.643. The van der Waals surface area contributed by atoms with Crippen LogP contribution in [0.1, 0.15) is 13.8 Å². The minimum atomic E-state index is -3.53. The van der Waals surface area contributed by atoms with Gasteiger partial charge in [-0.25, -0.2) is 23.0 Å². The van der Waals surface area contributed by atoms with E-state index in [1.165, 1.54) is 4.90 Å². The molecule has 124 valence electrons. The number of nitrogens with one attached hydrogen (secondary N) is 3. The first kappa shape index (κ1) is 17.1. The normalized spacial score (nSPS) is 17.2. The highest BCUT2D eigenvalue weighted by Gasteiger charge is 2.32. The van der Waals surface area contributed by atoms with E-state index in [2.05, 4.69) is 14.6 Å². The van der Waals surface area contributed by atoms with Crippen molar-refractivity contribution in [2.75, 3.05) is 44.2 Å². The number of quaternary nitrogens is 1. The number of rotatable bonds is 6. The number of anilines is 1. The van der Waals surface area contributed by atoms with E-state index in [0.29, 0.717) is 5.82 Å². The number of aromatic nitrogens is 1. The number of hydrogen-bond acceptors (Lipinski definition) is 4. The zero-order valence-electron chi connectivity index (χ0n) is 13.2. The molecule has 0 spiro atoms. The number of sulfonamides is 1. The molecule has 8 heteroatoms. The predicted octanol–water partition coefficient (Wildman–Crippen LogP) is -2.12. The van der Waals surface area contributed by atoms with Gasteiger partial charge in [0, 0.05) is 6.04 Å². The highest BCUT2D eigenvalue weighted by molar-refractivity contribution is 7.89.